The quantitative estimate of drug-likeness (QED) is 0.752. The van der Waals surface area contributed by atoms with Crippen molar-refractivity contribution in [1.29, 1.82) is 0 Å². The number of rotatable bonds is 5. The van der Waals surface area contributed by atoms with Crippen LogP contribution in [0.25, 0.3) is 0 Å². The average molecular weight is 225 g/mol. The molecule has 1 heterocycles. The van der Waals surface area contributed by atoms with Crippen molar-refractivity contribution in [3.8, 4) is 0 Å². The molecule has 0 fully saturated rings. The van der Waals surface area contributed by atoms with Crippen molar-refractivity contribution in [2.24, 2.45) is 7.05 Å². The van der Waals surface area contributed by atoms with E-state index in [9.17, 15) is 4.79 Å². The molecule has 1 amide bonds. The minimum Gasteiger partial charge on any atom is -0.345 e. The second-order valence-corrected chi connectivity index (χ2v) is 3.75. The standard InChI is InChI=1S/C10H19N5O/c1-5-14(3)10(16)8(2)11-6-9-12-7-13-15(9)4/h7-8,11H,5-6H2,1-4H3. The Labute approximate surface area is 95.6 Å². The molecule has 0 radical (unpaired) electrons. The van der Waals surface area contributed by atoms with Crippen molar-refractivity contribution in [1.82, 2.24) is 25.0 Å². The molecule has 0 bridgehead atoms. The Morgan fingerprint density at radius 3 is 2.88 bits per heavy atom. The van der Waals surface area contributed by atoms with E-state index in [0.29, 0.717) is 6.54 Å². The van der Waals surface area contributed by atoms with Gasteiger partial charge in [0.15, 0.2) is 0 Å². The summed E-state index contributed by atoms with van der Waals surface area (Å²) in [7, 11) is 3.62. The predicted molar refractivity (Wildman–Crippen MR) is 60.6 cm³/mol. The number of aromatic nitrogens is 3. The van der Waals surface area contributed by atoms with Gasteiger partial charge in [0.05, 0.1) is 12.6 Å². The second-order valence-electron chi connectivity index (χ2n) is 3.75. The maximum Gasteiger partial charge on any atom is 0.239 e. The van der Waals surface area contributed by atoms with E-state index in [1.165, 1.54) is 6.33 Å². The fourth-order valence-electron chi connectivity index (χ4n) is 1.30. The van der Waals surface area contributed by atoms with Gasteiger partial charge in [-0.1, -0.05) is 0 Å². The molecule has 1 unspecified atom stereocenters. The van der Waals surface area contributed by atoms with Crippen molar-refractivity contribution in [3.63, 3.8) is 0 Å². The summed E-state index contributed by atoms with van der Waals surface area (Å²) in [5.74, 6) is 0.906. The van der Waals surface area contributed by atoms with E-state index in [-0.39, 0.29) is 11.9 Å². The van der Waals surface area contributed by atoms with Crippen LogP contribution in [-0.2, 0) is 18.4 Å². The predicted octanol–water partition coefficient (Wildman–Crippen LogP) is -0.228. The first-order chi connectivity index (χ1) is 7.56. The number of hydrogen-bond donors (Lipinski definition) is 1. The highest BCUT2D eigenvalue weighted by atomic mass is 16.2. The summed E-state index contributed by atoms with van der Waals surface area (Å²) < 4.78 is 1.69. The van der Waals surface area contributed by atoms with Gasteiger partial charge in [-0.2, -0.15) is 5.10 Å². The van der Waals surface area contributed by atoms with Gasteiger partial charge in [-0.05, 0) is 13.8 Å². The molecular weight excluding hydrogens is 206 g/mol. The van der Waals surface area contributed by atoms with Crippen LogP contribution in [0.3, 0.4) is 0 Å². The van der Waals surface area contributed by atoms with Crippen LogP contribution in [0.2, 0.25) is 0 Å². The molecule has 1 atom stereocenters. The summed E-state index contributed by atoms with van der Waals surface area (Å²) in [5.41, 5.74) is 0. The highest BCUT2D eigenvalue weighted by Crippen LogP contribution is 1.95. The van der Waals surface area contributed by atoms with E-state index in [1.807, 2.05) is 20.9 Å². The van der Waals surface area contributed by atoms with Crippen molar-refractivity contribution in [2.45, 2.75) is 26.4 Å². The van der Waals surface area contributed by atoms with Crippen molar-refractivity contribution in [3.05, 3.63) is 12.2 Å². The average Bonchev–Trinajstić information content (AvgIpc) is 2.69. The molecule has 1 aromatic rings. The Morgan fingerprint density at radius 1 is 1.69 bits per heavy atom. The number of nitrogens with zero attached hydrogens (tertiary/aromatic N) is 4. The van der Waals surface area contributed by atoms with Gasteiger partial charge in [0.25, 0.3) is 0 Å². The number of carbonyl (C=O) groups excluding carboxylic acids is 1. The molecular formula is C10H19N5O. The Bertz CT molecular complexity index is 349. The Morgan fingerprint density at radius 2 is 2.38 bits per heavy atom. The minimum atomic E-state index is -0.207. The molecule has 0 aliphatic carbocycles. The third-order valence-electron chi connectivity index (χ3n) is 2.59. The normalized spacial score (nSPS) is 12.5. The molecule has 0 saturated carbocycles. The summed E-state index contributed by atoms with van der Waals surface area (Å²) >= 11 is 0. The van der Waals surface area contributed by atoms with E-state index in [2.05, 4.69) is 15.4 Å². The monoisotopic (exact) mass is 225 g/mol. The zero-order chi connectivity index (χ0) is 12.1. The third-order valence-corrected chi connectivity index (χ3v) is 2.59. The molecule has 1 rings (SSSR count). The van der Waals surface area contributed by atoms with Crippen LogP contribution in [0.4, 0.5) is 0 Å². The molecule has 6 heteroatoms. The lowest BCUT2D eigenvalue weighted by Gasteiger charge is -2.20. The van der Waals surface area contributed by atoms with Crippen molar-refractivity contribution < 1.29 is 4.79 Å². The molecule has 1 N–H and O–H groups in total. The zero-order valence-electron chi connectivity index (χ0n) is 10.3. The lowest BCUT2D eigenvalue weighted by Crippen LogP contribution is -2.43. The van der Waals surface area contributed by atoms with Gasteiger partial charge in [-0.15, -0.1) is 0 Å². The highest BCUT2D eigenvalue weighted by Gasteiger charge is 2.16. The van der Waals surface area contributed by atoms with E-state index >= 15 is 0 Å². The van der Waals surface area contributed by atoms with E-state index in [4.69, 9.17) is 0 Å². The Balaban J connectivity index is 2.44. The minimum absolute atomic E-state index is 0.0877. The first-order valence-corrected chi connectivity index (χ1v) is 5.37. The van der Waals surface area contributed by atoms with Crippen LogP contribution in [0.1, 0.15) is 19.7 Å². The fourth-order valence-corrected chi connectivity index (χ4v) is 1.30. The SMILES string of the molecule is CCN(C)C(=O)C(C)NCc1ncnn1C. The topological polar surface area (TPSA) is 63.1 Å². The van der Waals surface area contributed by atoms with Crippen LogP contribution in [-0.4, -0.2) is 45.2 Å². The van der Waals surface area contributed by atoms with Gasteiger partial charge in [-0.25, -0.2) is 4.98 Å². The van der Waals surface area contributed by atoms with Gasteiger partial charge in [0.1, 0.15) is 12.2 Å². The molecule has 0 spiro atoms. The summed E-state index contributed by atoms with van der Waals surface area (Å²) in [4.78, 5) is 17.5. The van der Waals surface area contributed by atoms with Crippen LogP contribution < -0.4 is 5.32 Å². The molecule has 0 aromatic carbocycles. The van der Waals surface area contributed by atoms with Crippen LogP contribution >= 0.6 is 0 Å². The summed E-state index contributed by atoms with van der Waals surface area (Å²) in [6.07, 6.45) is 1.50. The lowest BCUT2D eigenvalue weighted by atomic mass is 10.3. The van der Waals surface area contributed by atoms with Crippen molar-refractivity contribution >= 4 is 5.91 Å². The molecule has 0 aliphatic rings. The fraction of sp³-hybridized carbons (Fsp3) is 0.700. The Kier molecular flexibility index (Phi) is 4.42. The summed E-state index contributed by atoms with van der Waals surface area (Å²) in [5, 5.41) is 7.09. The number of hydrogen-bond acceptors (Lipinski definition) is 4. The molecule has 1 aromatic heterocycles. The second kappa shape index (κ2) is 5.60. The maximum absolute atomic E-state index is 11.7. The summed E-state index contributed by atoms with van der Waals surface area (Å²) in [6, 6.07) is -0.207. The van der Waals surface area contributed by atoms with Gasteiger partial charge >= 0.3 is 0 Å². The molecule has 90 valence electrons. The number of amides is 1. The highest BCUT2D eigenvalue weighted by molar-refractivity contribution is 5.81. The number of aryl methyl sites for hydroxylation is 1. The zero-order valence-corrected chi connectivity index (χ0v) is 10.3. The molecule has 0 saturated heterocycles. The van der Waals surface area contributed by atoms with Gasteiger partial charge < -0.3 is 4.90 Å². The van der Waals surface area contributed by atoms with E-state index < -0.39 is 0 Å². The lowest BCUT2D eigenvalue weighted by molar-refractivity contribution is -0.131. The van der Waals surface area contributed by atoms with Gasteiger partial charge in [0.2, 0.25) is 5.91 Å². The first kappa shape index (κ1) is 12.6. The van der Waals surface area contributed by atoms with Crippen molar-refractivity contribution in [2.75, 3.05) is 13.6 Å². The summed E-state index contributed by atoms with van der Waals surface area (Å²) in [6.45, 7) is 5.06. The van der Waals surface area contributed by atoms with Crippen LogP contribution in [0.15, 0.2) is 6.33 Å². The largest absolute Gasteiger partial charge is 0.345 e. The molecule has 16 heavy (non-hydrogen) atoms. The molecule has 0 aliphatic heterocycles. The number of nitrogens with one attached hydrogen (secondary N) is 1. The number of carbonyl (C=O) groups is 1. The smallest absolute Gasteiger partial charge is 0.239 e. The Hall–Kier alpha value is -1.43. The first-order valence-electron chi connectivity index (χ1n) is 5.37. The van der Waals surface area contributed by atoms with E-state index in [1.54, 1.807) is 16.6 Å². The molecule has 6 nitrogen and oxygen atoms in total. The van der Waals surface area contributed by atoms with Gasteiger partial charge in [0, 0.05) is 20.6 Å². The van der Waals surface area contributed by atoms with Crippen LogP contribution in [0, 0.1) is 0 Å². The van der Waals surface area contributed by atoms with E-state index in [0.717, 1.165) is 12.4 Å². The maximum atomic E-state index is 11.7. The third kappa shape index (κ3) is 3.03. The van der Waals surface area contributed by atoms with Gasteiger partial charge in [-0.3, -0.25) is 14.8 Å². The number of likely N-dealkylation sites (N-methyl/N-ethyl adjacent to an activating group) is 1. The van der Waals surface area contributed by atoms with Crippen LogP contribution in [0.5, 0.6) is 0 Å².